The van der Waals surface area contributed by atoms with Crippen LogP contribution in [0, 0.1) is 11.2 Å². The lowest BCUT2D eigenvalue weighted by atomic mass is 9.91. The second kappa shape index (κ2) is 6.35. The molecule has 0 saturated carbocycles. The van der Waals surface area contributed by atoms with E-state index in [1.807, 2.05) is 20.8 Å². The average Bonchev–Trinajstić information content (AvgIpc) is 2.35. The van der Waals surface area contributed by atoms with E-state index in [0.29, 0.717) is 11.6 Å². The van der Waals surface area contributed by atoms with Gasteiger partial charge in [0.1, 0.15) is 5.82 Å². The first-order valence-electron chi connectivity index (χ1n) is 6.18. The molecule has 3 nitrogen and oxygen atoms in total. The van der Waals surface area contributed by atoms with Gasteiger partial charge in [-0.3, -0.25) is 4.79 Å². The summed E-state index contributed by atoms with van der Waals surface area (Å²) in [5.41, 5.74) is 0.297. The first-order chi connectivity index (χ1) is 8.77. The zero-order valence-corrected chi connectivity index (χ0v) is 12.4. The number of halogens is 2. The molecule has 19 heavy (non-hydrogen) atoms. The lowest BCUT2D eigenvalue weighted by Gasteiger charge is -2.26. The van der Waals surface area contributed by atoms with Gasteiger partial charge in [-0.05, 0) is 38.5 Å². The van der Waals surface area contributed by atoms with Crippen LogP contribution in [-0.2, 0) is 4.79 Å². The minimum atomic E-state index is -0.518. The Hall–Kier alpha value is -1.13. The number of hydrogen-bond donors (Lipinski definition) is 2. The summed E-state index contributed by atoms with van der Waals surface area (Å²) in [6.45, 7) is 6.15. The zero-order chi connectivity index (χ0) is 14.6. The Bertz CT molecular complexity index is 463. The molecule has 0 aliphatic rings. The third-order valence-electron chi connectivity index (χ3n) is 3.12. The Morgan fingerprint density at radius 1 is 1.47 bits per heavy atom. The van der Waals surface area contributed by atoms with Crippen molar-refractivity contribution >= 4 is 17.5 Å². The van der Waals surface area contributed by atoms with E-state index >= 15 is 0 Å². The lowest BCUT2D eigenvalue weighted by molar-refractivity contribution is -0.128. The van der Waals surface area contributed by atoms with Gasteiger partial charge < -0.3 is 10.6 Å². The van der Waals surface area contributed by atoms with Crippen LogP contribution in [0.15, 0.2) is 18.2 Å². The summed E-state index contributed by atoms with van der Waals surface area (Å²) >= 11 is 6.00. The van der Waals surface area contributed by atoms with Crippen molar-refractivity contribution in [3.8, 4) is 0 Å². The second-order valence-corrected chi connectivity index (χ2v) is 5.64. The van der Waals surface area contributed by atoms with Crippen molar-refractivity contribution in [3.63, 3.8) is 0 Å². The predicted molar refractivity (Wildman–Crippen MR) is 75.7 cm³/mol. The maximum Gasteiger partial charge on any atom is 0.226 e. The first kappa shape index (κ1) is 15.9. The molecule has 1 rings (SSSR count). The van der Waals surface area contributed by atoms with Gasteiger partial charge in [0.25, 0.3) is 0 Å². The third-order valence-corrected chi connectivity index (χ3v) is 3.45. The molecule has 1 atom stereocenters. The van der Waals surface area contributed by atoms with Gasteiger partial charge in [0.15, 0.2) is 0 Å². The molecule has 5 heteroatoms. The average molecular weight is 287 g/mol. The molecular formula is C14H20ClFN2O. The molecule has 0 fully saturated rings. The largest absolute Gasteiger partial charge is 0.359 e. The van der Waals surface area contributed by atoms with Crippen LogP contribution in [0.3, 0.4) is 0 Å². The summed E-state index contributed by atoms with van der Waals surface area (Å²) in [5, 5.41) is 6.27. The van der Waals surface area contributed by atoms with Crippen LogP contribution < -0.4 is 10.6 Å². The number of rotatable bonds is 5. The van der Waals surface area contributed by atoms with Gasteiger partial charge in [0.05, 0.1) is 5.41 Å². The van der Waals surface area contributed by atoms with E-state index in [-0.39, 0.29) is 17.8 Å². The molecule has 0 bridgehead atoms. The molecule has 1 unspecified atom stereocenters. The highest BCUT2D eigenvalue weighted by atomic mass is 35.5. The van der Waals surface area contributed by atoms with Gasteiger partial charge in [-0.25, -0.2) is 4.39 Å². The summed E-state index contributed by atoms with van der Waals surface area (Å²) in [5.74, 6) is -0.385. The van der Waals surface area contributed by atoms with E-state index in [0.717, 1.165) is 5.56 Å². The molecule has 0 aliphatic heterocycles. The van der Waals surface area contributed by atoms with Crippen LogP contribution in [0.4, 0.5) is 4.39 Å². The van der Waals surface area contributed by atoms with Crippen molar-refractivity contribution in [2.45, 2.75) is 26.8 Å². The van der Waals surface area contributed by atoms with Gasteiger partial charge >= 0.3 is 0 Å². The molecule has 0 aromatic heterocycles. The Morgan fingerprint density at radius 2 is 2.11 bits per heavy atom. The third kappa shape index (κ3) is 4.18. The minimum absolute atomic E-state index is 0.0302. The standard InChI is InChI=1S/C14H20ClFN2O/c1-9(11-6-5-10(16)7-12(11)15)18-8-14(2,3)13(19)17-4/h5-7,9,18H,8H2,1-4H3,(H,17,19). The first-order valence-corrected chi connectivity index (χ1v) is 6.56. The van der Waals surface area contributed by atoms with Crippen LogP contribution >= 0.6 is 11.6 Å². The number of hydrogen-bond acceptors (Lipinski definition) is 2. The molecule has 0 radical (unpaired) electrons. The minimum Gasteiger partial charge on any atom is -0.359 e. The fourth-order valence-corrected chi connectivity index (χ4v) is 2.12. The van der Waals surface area contributed by atoms with Crippen molar-refractivity contribution in [1.82, 2.24) is 10.6 Å². The van der Waals surface area contributed by atoms with Crippen LogP contribution in [0.5, 0.6) is 0 Å². The van der Waals surface area contributed by atoms with Crippen molar-refractivity contribution in [2.24, 2.45) is 5.41 Å². The SMILES string of the molecule is CNC(=O)C(C)(C)CNC(C)c1ccc(F)cc1Cl. The van der Waals surface area contributed by atoms with Crippen molar-refractivity contribution < 1.29 is 9.18 Å². The van der Waals surface area contributed by atoms with Gasteiger partial charge in [0, 0.05) is 24.7 Å². The molecule has 0 aliphatic carbocycles. The number of carbonyl (C=O) groups is 1. The van der Waals surface area contributed by atoms with E-state index in [2.05, 4.69) is 10.6 Å². The Balaban J connectivity index is 2.70. The van der Waals surface area contributed by atoms with E-state index in [1.165, 1.54) is 12.1 Å². The zero-order valence-electron chi connectivity index (χ0n) is 11.7. The van der Waals surface area contributed by atoms with Crippen LogP contribution in [0.25, 0.3) is 0 Å². The van der Waals surface area contributed by atoms with E-state index < -0.39 is 5.41 Å². The lowest BCUT2D eigenvalue weighted by Crippen LogP contribution is -2.42. The normalized spacial score (nSPS) is 13.2. The topological polar surface area (TPSA) is 41.1 Å². The highest BCUT2D eigenvalue weighted by Crippen LogP contribution is 2.24. The number of carbonyl (C=O) groups excluding carboxylic acids is 1. The highest BCUT2D eigenvalue weighted by molar-refractivity contribution is 6.31. The Labute approximate surface area is 118 Å². The molecule has 0 spiro atoms. The quantitative estimate of drug-likeness (QED) is 0.874. The summed E-state index contributed by atoms with van der Waals surface area (Å²) in [6, 6.07) is 4.27. The van der Waals surface area contributed by atoms with Crippen LogP contribution in [-0.4, -0.2) is 19.5 Å². The van der Waals surface area contributed by atoms with Crippen molar-refractivity contribution in [3.05, 3.63) is 34.6 Å². The predicted octanol–water partition coefficient (Wildman–Crippen LogP) is 2.90. The van der Waals surface area contributed by atoms with Crippen LogP contribution in [0.2, 0.25) is 5.02 Å². The number of benzene rings is 1. The van der Waals surface area contributed by atoms with E-state index in [9.17, 15) is 9.18 Å². The molecule has 106 valence electrons. The van der Waals surface area contributed by atoms with E-state index in [4.69, 9.17) is 11.6 Å². The highest BCUT2D eigenvalue weighted by Gasteiger charge is 2.27. The molecule has 0 heterocycles. The molecule has 1 amide bonds. The summed E-state index contributed by atoms with van der Waals surface area (Å²) < 4.78 is 13.0. The van der Waals surface area contributed by atoms with Crippen molar-refractivity contribution in [2.75, 3.05) is 13.6 Å². The van der Waals surface area contributed by atoms with Crippen LogP contribution in [0.1, 0.15) is 32.4 Å². The van der Waals surface area contributed by atoms with Crippen molar-refractivity contribution in [1.29, 1.82) is 0 Å². The molecule has 1 aromatic carbocycles. The summed E-state index contributed by atoms with van der Waals surface area (Å²) in [7, 11) is 1.62. The van der Waals surface area contributed by atoms with Gasteiger partial charge in [-0.15, -0.1) is 0 Å². The maximum atomic E-state index is 13.0. The molecular weight excluding hydrogens is 267 g/mol. The van der Waals surface area contributed by atoms with E-state index in [1.54, 1.807) is 13.1 Å². The van der Waals surface area contributed by atoms with Gasteiger partial charge in [-0.2, -0.15) is 0 Å². The number of nitrogens with one attached hydrogen (secondary N) is 2. The van der Waals surface area contributed by atoms with Gasteiger partial charge in [-0.1, -0.05) is 17.7 Å². The van der Waals surface area contributed by atoms with Gasteiger partial charge in [0.2, 0.25) is 5.91 Å². The monoisotopic (exact) mass is 286 g/mol. The summed E-state index contributed by atoms with van der Waals surface area (Å²) in [6.07, 6.45) is 0. The Kier molecular flexibility index (Phi) is 5.32. The number of amides is 1. The smallest absolute Gasteiger partial charge is 0.226 e. The molecule has 1 aromatic rings. The molecule has 2 N–H and O–H groups in total. The Morgan fingerprint density at radius 3 is 2.63 bits per heavy atom. The summed E-state index contributed by atoms with van der Waals surface area (Å²) in [4.78, 5) is 11.7. The molecule has 0 saturated heterocycles. The fourth-order valence-electron chi connectivity index (χ4n) is 1.79. The fraction of sp³-hybridized carbons (Fsp3) is 0.500. The second-order valence-electron chi connectivity index (χ2n) is 5.23. The maximum absolute atomic E-state index is 13.0.